The summed E-state index contributed by atoms with van der Waals surface area (Å²) < 4.78 is 0. The van der Waals surface area contributed by atoms with Crippen molar-refractivity contribution in [1.29, 1.82) is 0 Å². The van der Waals surface area contributed by atoms with Gasteiger partial charge in [0.1, 0.15) is 0 Å². The molecule has 2 aliphatic rings. The fourth-order valence-corrected chi connectivity index (χ4v) is 3.34. The molecule has 2 aliphatic carbocycles. The van der Waals surface area contributed by atoms with Gasteiger partial charge in [-0.2, -0.15) is 0 Å². The fraction of sp³-hybridized carbons (Fsp3) is 0.733. The Morgan fingerprint density at radius 1 is 1.50 bits per heavy atom. The Kier molecular flexibility index (Phi) is 3.25. The van der Waals surface area contributed by atoms with Crippen molar-refractivity contribution < 1.29 is 5.11 Å². The Hall–Kier alpha value is -0.560. The molecule has 1 nitrogen and oxygen atoms in total. The van der Waals surface area contributed by atoms with Crippen molar-refractivity contribution in [1.82, 2.24) is 0 Å². The fourth-order valence-electron chi connectivity index (χ4n) is 3.34. The zero-order chi connectivity index (χ0) is 11.8. The summed E-state index contributed by atoms with van der Waals surface area (Å²) in [6.45, 7) is 7.14. The van der Waals surface area contributed by atoms with Gasteiger partial charge in [-0.1, -0.05) is 31.1 Å². The molecule has 0 aliphatic heterocycles. The van der Waals surface area contributed by atoms with E-state index >= 15 is 0 Å². The molecule has 2 unspecified atom stereocenters. The maximum absolute atomic E-state index is 9.26. The first-order chi connectivity index (χ1) is 7.58. The molecule has 2 atom stereocenters. The van der Waals surface area contributed by atoms with Crippen LogP contribution in [0.5, 0.6) is 0 Å². The van der Waals surface area contributed by atoms with Crippen LogP contribution in [0, 0.1) is 11.3 Å². The third-order valence-corrected chi connectivity index (χ3v) is 4.93. The molecule has 0 saturated heterocycles. The van der Waals surface area contributed by atoms with Gasteiger partial charge in [-0.25, -0.2) is 0 Å². The van der Waals surface area contributed by atoms with Crippen LogP contribution in [0.15, 0.2) is 22.8 Å². The van der Waals surface area contributed by atoms with Crippen LogP contribution in [-0.4, -0.2) is 11.7 Å². The van der Waals surface area contributed by atoms with E-state index < -0.39 is 0 Å². The minimum atomic E-state index is 0.235. The third kappa shape index (κ3) is 1.86. The predicted molar refractivity (Wildman–Crippen MR) is 68.2 cm³/mol. The van der Waals surface area contributed by atoms with E-state index in [0.717, 1.165) is 5.92 Å². The Bertz CT molecular complexity index is 337. The van der Waals surface area contributed by atoms with Gasteiger partial charge in [-0.05, 0) is 55.9 Å². The average Bonchev–Trinajstić information content (AvgIpc) is 2.29. The van der Waals surface area contributed by atoms with Crippen molar-refractivity contribution in [2.75, 3.05) is 6.61 Å². The average molecular weight is 220 g/mol. The van der Waals surface area contributed by atoms with Gasteiger partial charge in [0.15, 0.2) is 0 Å². The molecule has 1 fully saturated rings. The van der Waals surface area contributed by atoms with Gasteiger partial charge in [0.05, 0.1) is 6.61 Å². The normalized spacial score (nSPS) is 37.8. The molecule has 0 radical (unpaired) electrons. The minimum Gasteiger partial charge on any atom is -0.392 e. The number of aliphatic hydroxyl groups is 1. The van der Waals surface area contributed by atoms with Crippen LogP contribution < -0.4 is 0 Å². The van der Waals surface area contributed by atoms with Crippen molar-refractivity contribution in [3.05, 3.63) is 22.8 Å². The highest BCUT2D eigenvalue weighted by Crippen LogP contribution is 2.52. The van der Waals surface area contributed by atoms with E-state index in [1.165, 1.54) is 43.3 Å². The van der Waals surface area contributed by atoms with Crippen LogP contribution in [-0.2, 0) is 0 Å². The molecule has 90 valence electrons. The summed E-state index contributed by atoms with van der Waals surface area (Å²) in [6, 6.07) is 0. The zero-order valence-corrected chi connectivity index (χ0v) is 10.8. The van der Waals surface area contributed by atoms with Crippen molar-refractivity contribution >= 4 is 0 Å². The van der Waals surface area contributed by atoms with Gasteiger partial charge in [-0.3, -0.25) is 0 Å². The summed E-state index contributed by atoms with van der Waals surface area (Å²) in [5, 5.41) is 9.26. The largest absolute Gasteiger partial charge is 0.392 e. The molecular formula is C15H24O. The summed E-state index contributed by atoms with van der Waals surface area (Å²) in [6.07, 6.45) is 8.63. The lowest BCUT2D eigenvalue weighted by atomic mass is 9.59. The Morgan fingerprint density at radius 3 is 2.94 bits per heavy atom. The smallest absolute Gasteiger partial charge is 0.0641 e. The quantitative estimate of drug-likeness (QED) is 0.666. The Morgan fingerprint density at radius 2 is 2.25 bits per heavy atom. The van der Waals surface area contributed by atoms with Crippen LogP contribution in [0.1, 0.15) is 52.9 Å². The SMILES string of the molecule is C/C(CO)=C1\CCC2=CCCC(C)C2(C)C1. The monoisotopic (exact) mass is 220 g/mol. The predicted octanol–water partition coefficient (Wildman–Crippen LogP) is 3.84. The van der Waals surface area contributed by atoms with Gasteiger partial charge < -0.3 is 5.11 Å². The number of rotatable bonds is 1. The van der Waals surface area contributed by atoms with Crippen molar-refractivity contribution in [2.24, 2.45) is 11.3 Å². The van der Waals surface area contributed by atoms with E-state index in [1.54, 1.807) is 5.57 Å². The maximum Gasteiger partial charge on any atom is 0.0641 e. The van der Waals surface area contributed by atoms with E-state index in [1.807, 2.05) is 0 Å². The minimum absolute atomic E-state index is 0.235. The Labute approximate surface area is 99.3 Å². The van der Waals surface area contributed by atoms with Crippen LogP contribution >= 0.6 is 0 Å². The first-order valence-electron chi connectivity index (χ1n) is 6.56. The summed E-state index contributed by atoms with van der Waals surface area (Å²) in [5.74, 6) is 0.786. The molecule has 2 rings (SSSR count). The van der Waals surface area contributed by atoms with Gasteiger partial charge in [0, 0.05) is 0 Å². The lowest BCUT2D eigenvalue weighted by molar-refractivity contribution is 0.202. The second kappa shape index (κ2) is 4.37. The van der Waals surface area contributed by atoms with Crippen LogP contribution in [0.2, 0.25) is 0 Å². The van der Waals surface area contributed by atoms with E-state index in [9.17, 15) is 5.11 Å². The third-order valence-electron chi connectivity index (χ3n) is 4.93. The summed E-state index contributed by atoms with van der Waals surface area (Å²) in [5.41, 5.74) is 4.78. The summed E-state index contributed by atoms with van der Waals surface area (Å²) in [4.78, 5) is 0. The molecule has 0 spiro atoms. The number of allylic oxidation sites excluding steroid dienone is 3. The molecule has 0 aromatic heterocycles. The highest BCUT2D eigenvalue weighted by Gasteiger charge is 2.39. The van der Waals surface area contributed by atoms with Crippen molar-refractivity contribution in [3.8, 4) is 0 Å². The van der Waals surface area contributed by atoms with Crippen molar-refractivity contribution in [3.63, 3.8) is 0 Å². The molecular weight excluding hydrogens is 196 g/mol. The summed E-state index contributed by atoms with van der Waals surface area (Å²) in [7, 11) is 0. The first kappa shape index (κ1) is 11.9. The molecule has 0 bridgehead atoms. The Balaban J connectivity index is 2.29. The van der Waals surface area contributed by atoms with Crippen molar-refractivity contribution in [2.45, 2.75) is 52.9 Å². The summed E-state index contributed by atoms with van der Waals surface area (Å²) >= 11 is 0. The van der Waals surface area contributed by atoms with Crippen LogP contribution in [0.4, 0.5) is 0 Å². The zero-order valence-electron chi connectivity index (χ0n) is 10.8. The second-order valence-corrected chi connectivity index (χ2v) is 5.84. The number of fused-ring (bicyclic) bond motifs is 1. The molecule has 0 aromatic rings. The molecule has 0 amide bonds. The van der Waals surface area contributed by atoms with Gasteiger partial charge in [0.2, 0.25) is 0 Å². The topological polar surface area (TPSA) is 20.2 Å². The van der Waals surface area contributed by atoms with Gasteiger partial charge >= 0.3 is 0 Å². The van der Waals surface area contributed by atoms with Crippen LogP contribution in [0.3, 0.4) is 0 Å². The van der Waals surface area contributed by atoms with Gasteiger partial charge in [-0.15, -0.1) is 0 Å². The number of hydrogen-bond donors (Lipinski definition) is 1. The highest BCUT2D eigenvalue weighted by atomic mass is 16.3. The number of hydrogen-bond acceptors (Lipinski definition) is 1. The van der Waals surface area contributed by atoms with E-state index in [4.69, 9.17) is 0 Å². The molecule has 1 saturated carbocycles. The molecule has 1 N–H and O–H groups in total. The molecule has 0 heterocycles. The highest BCUT2D eigenvalue weighted by molar-refractivity contribution is 5.30. The second-order valence-electron chi connectivity index (χ2n) is 5.84. The van der Waals surface area contributed by atoms with Crippen LogP contribution in [0.25, 0.3) is 0 Å². The molecule has 16 heavy (non-hydrogen) atoms. The molecule has 1 heteroatoms. The van der Waals surface area contributed by atoms with E-state index in [-0.39, 0.29) is 6.61 Å². The maximum atomic E-state index is 9.26. The molecule has 0 aromatic carbocycles. The van der Waals surface area contributed by atoms with Gasteiger partial charge in [0.25, 0.3) is 0 Å². The van der Waals surface area contributed by atoms with E-state index in [2.05, 4.69) is 26.8 Å². The lowest BCUT2D eigenvalue weighted by Gasteiger charge is -2.45. The standard InChI is InChI=1S/C15H24O/c1-11(10-16)13-7-8-14-6-4-5-12(2)15(14,3)9-13/h6,12,16H,4-5,7-10H2,1-3H3/b13-11-. The lowest BCUT2D eigenvalue weighted by Crippen LogP contribution is -2.34. The number of aliphatic hydroxyl groups excluding tert-OH is 1. The first-order valence-corrected chi connectivity index (χ1v) is 6.56. The van der Waals surface area contributed by atoms with E-state index in [0.29, 0.717) is 5.41 Å².